The van der Waals surface area contributed by atoms with E-state index in [0.29, 0.717) is 16.8 Å². The molecule has 2 aliphatic heterocycles. The van der Waals surface area contributed by atoms with E-state index in [4.69, 9.17) is 5.41 Å². The van der Waals surface area contributed by atoms with Crippen molar-refractivity contribution in [1.82, 2.24) is 14.6 Å². The molecule has 2 aliphatic rings. The number of hydrazone groups is 1. The van der Waals surface area contributed by atoms with Gasteiger partial charge in [0.1, 0.15) is 5.04 Å². The number of hydrogen-bond acceptors (Lipinski definition) is 5. The van der Waals surface area contributed by atoms with Crippen LogP contribution < -0.4 is 0 Å². The largest absolute Gasteiger partial charge is 0.342 e. The highest BCUT2D eigenvalue weighted by Crippen LogP contribution is 2.32. The molecule has 0 radical (unpaired) electrons. The number of thioether (sulfide) groups is 1. The molecule has 2 aromatic heterocycles. The summed E-state index contributed by atoms with van der Waals surface area (Å²) in [6.07, 6.45) is 7.20. The number of amides is 1. The fraction of sp³-hybridized carbons (Fsp3) is 0.0333. The summed E-state index contributed by atoms with van der Waals surface area (Å²) < 4.78 is 2.19. The lowest BCUT2D eigenvalue weighted by molar-refractivity contribution is -0.114. The Kier molecular flexibility index (Phi) is 5.26. The standard InChI is InChI=1S/C30H20N6OS/c31-27-25(28(37)33-30-36(27)34-29(38-30)20-10-6-14-32-16-20)15-22-18-35(26-13-4-3-12-24(22)26)17-21-9-5-8-19-7-1-2-11-23(19)21/h1-16,18,31H,17H2/b25-15-,31-27?. The normalized spacial score (nSPS) is 16.3. The van der Waals surface area contributed by atoms with Crippen LogP contribution in [0.2, 0.25) is 0 Å². The first-order valence-corrected chi connectivity index (χ1v) is 12.9. The summed E-state index contributed by atoms with van der Waals surface area (Å²) in [5, 5.41) is 19.3. The van der Waals surface area contributed by atoms with Gasteiger partial charge in [0, 0.05) is 47.2 Å². The minimum Gasteiger partial charge on any atom is -0.342 e. The Labute approximate surface area is 222 Å². The van der Waals surface area contributed by atoms with Gasteiger partial charge in [-0.05, 0) is 52.4 Å². The van der Waals surface area contributed by atoms with Crippen molar-refractivity contribution in [1.29, 1.82) is 5.41 Å². The fourth-order valence-electron chi connectivity index (χ4n) is 4.89. The van der Waals surface area contributed by atoms with Crippen LogP contribution in [0, 0.1) is 5.41 Å². The quantitative estimate of drug-likeness (QED) is 0.304. The third kappa shape index (κ3) is 3.74. The number of para-hydroxylation sites is 1. The van der Waals surface area contributed by atoms with Gasteiger partial charge in [-0.25, -0.2) is 0 Å². The SMILES string of the molecule is N=C1/C(=C/c2cn(Cc3cccc4ccccc34)c3ccccc23)C(=O)N=C2SC(c3cccnc3)=NN12. The number of amidine groups is 2. The van der Waals surface area contributed by atoms with E-state index in [9.17, 15) is 4.79 Å². The Hall–Kier alpha value is -4.82. The second kappa shape index (κ2) is 8.93. The highest BCUT2D eigenvalue weighted by Gasteiger charge is 2.36. The second-order valence-electron chi connectivity index (χ2n) is 9.03. The van der Waals surface area contributed by atoms with Crippen LogP contribution in [0.4, 0.5) is 0 Å². The molecule has 0 saturated carbocycles. The van der Waals surface area contributed by atoms with Crippen molar-refractivity contribution in [2.24, 2.45) is 10.1 Å². The van der Waals surface area contributed by atoms with E-state index >= 15 is 0 Å². The van der Waals surface area contributed by atoms with Crippen LogP contribution in [0.25, 0.3) is 27.8 Å². The van der Waals surface area contributed by atoms with Crippen molar-refractivity contribution < 1.29 is 4.79 Å². The van der Waals surface area contributed by atoms with Crippen molar-refractivity contribution in [3.8, 4) is 0 Å². The number of aromatic nitrogens is 2. The van der Waals surface area contributed by atoms with Gasteiger partial charge in [-0.2, -0.15) is 15.1 Å². The maximum absolute atomic E-state index is 13.1. The van der Waals surface area contributed by atoms with Crippen LogP contribution in [-0.2, 0) is 11.3 Å². The summed E-state index contributed by atoms with van der Waals surface area (Å²) in [5.41, 5.74) is 4.15. The van der Waals surface area contributed by atoms with Crippen LogP contribution in [0.15, 0.2) is 113 Å². The number of carbonyl (C=O) groups excluding carboxylic acids is 1. The number of hydrogen-bond donors (Lipinski definition) is 1. The lowest BCUT2D eigenvalue weighted by atomic mass is 10.0. The monoisotopic (exact) mass is 512 g/mol. The van der Waals surface area contributed by atoms with Gasteiger partial charge < -0.3 is 4.57 Å². The predicted octanol–water partition coefficient (Wildman–Crippen LogP) is 5.91. The van der Waals surface area contributed by atoms with E-state index in [0.717, 1.165) is 22.0 Å². The lowest BCUT2D eigenvalue weighted by Crippen LogP contribution is -2.35. The first-order valence-electron chi connectivity index (χ1n) is 12.1. The maximum Gasteiger partial charge on any atom is 0.283 e. The van der Waals surface area contributed by atoms with Crippen molar-refractivity contribution in [3.05, 3.63) is 120 Å². The molecule has 3 aromatic carbocycles. The Morgan fingerprint density at radius 2 is 1.74 bits per heavy atom. The Morgan fingerprint density at radius 3 is 2.61 bits per heavy atom. The zero-order valence-electron chi connectivity index (χ0n) is 20.1. The predicted molar refractivity (Wildman–Crippen MR) is 153 cm³/mol. The van der Waals surface area contributed by atoms with Crippen molar-refractivity contribution in [2.45, 2.75) is 6.54 Å². The number of nitrogens with zero attached hydrogens (tertiary/aromatic N) is 5. The molecule has 0 spiro atoms. The number of pyridine rings is 1. The first-order chi connectivity index (χ1) is 18.7. The molecule has 0 fully saturated rings. The number of nitrogens with one attached hydrogen (secondary N) is 1. The average Bonchev–Trinajstić information content (AvgIpc) is 3.54. The van der Waals surface area contributed by atoms with Crippen molar-refractivity contribution in [3.63, 3.8) is 0 Å². The minimum absolute atomic E-state index is 0.0114. The summed E-state index contributed by atoms with van der Waals surface area (Å²) in [7, 11) is 0. The molecular formula is C30H20N6OS. The van der Waals surface area contributed by atoms with Crippen molar-refractivity contribution in [2.75, 3.05) is 0 Å². The molecule has 182 valence electrons. The van der Waals surface area contributed by atoms with E-state index in [-0.39, 0.29) is 11.4 Å². The van der Waals surface area contributed by atoms with E-state index in [2.05, 4.69) is 62.1 Å². The topological polar surface area (TPSA) is 86.7 Å². The van der Waals surface area contributed by atoms with Gasteiger partial charge in [-0.3, -0.25) is 15.2 Å². The number of fused-ring (bicyclic) bond motifs is 3. The number of carbonyl (C=O) groups is 1. The summed E-state index contributed by atoms with van der Waals surface area (Å²) in [6, 6.07) is 26.6. The number of aliphatic imine (C=N–C) groups is 1. The van der Waals surface area contributed by atoms with Gasteiger partial charge in [0.25, 0.3) is 5.91 Å². The molecule has 38 heavy (non-hydrogen) atoms. The third-order valence-electron chi connectivity index (χ3n) is 6.70. The number of rotatable bonds is 4. The Balaban J connectivity index is 1.28. The average molecular weight is 513 g/mol. The van der Waals surface area contributed by atoms with Crippen LogP contribution in [0.3, 0.4) is 0 Å². The molecule has 8 heteroatoms. The van der Waals surface area contributed by atoms with Crippen LogP contribution >= 0.6 is 11.8 Å². The zero-order chi connectivity index (χ0) is 25.6. The van der Waals surface area contributed by atoms with Gasteiger partial charge in [-0.15, -0.1) is 0 Å². The summed E-state index contributed by atoms with van der Waals surface area (Å²) >= 11 is 1.27. The lowest BCUT2D eigenvalue weighted by Gasteiger charge is -2.20. The van der Waals surface area contributed by atoms with Gasteiger partial charge in [0.2, 0.25) is 5.17 Å². The van der Waals surface area contributed by atoms with Crippen LogP contribution in [0.1, 0.15) is 16.7 Å². The van der Waals surface area contributed by atoms with E-state index in [1.807, 2.05) is 42.6 Å². The van der Waals surface area contributed by atoms with Crippen LogP contribution in [0.5, 0.6) is 0 Å². The Morgan fingerprint density at radius 1 is 0.921 bits per heavy atom. The highest BCUT2D eigenvalue weighted by atomic mass is 32.2. The molecule has 0 bridgehead atoms. The smallest absolute Gasteiger partial charge is 0.283 e. The molecular weight excluding hydrogens is 492 g/mol. The van der Waals surface area contributed by atoms with Crippen molar-refractivity contribution >= 4 is 61.5 Å². The molecule has 0 unspecified atom stereocenters. The second-order valence-corrected chi connectivity index (χ2v) is 9.99. The van der Waals surface area contributed by atoms with E-state index in [1.54, 1.807) is 18.5 Å². The van der Waals surface area contributed by atoms with Gasteiger partial charge in [-0.1, -0.05) is 60.7 Å². The number of benzene rings is 3. The molecule has 0 aliphatic carbocycles. The zero-order valence-corrected chi connectivity index (χ0v) is 20.9. The highest BCUT2D eigenvalue weighted by molar-refractivity contribution is 8.27. The molecule has 4 heterocycles. The minimum atomic E-state index is -0.442. The van der Waals surface area contributed by atoms with E-state index < -0.39 is 5.91 Å². The molecule has 7 nitrogen and oxygen atoms in total. The molecule has 0 atom stereocenters. The van der Waals surface area contributed by atoms with Gasteiger partial charge >= 0.3 is 0 Å². The molecule has 1 N–H and O–H groups in total. The van der Waals surface area contributed by atoms with Crippen LogP contribution in [-0.4, -0.2) is 36.5 Å². The molecule has 5 aromatic rings. The fourth-order valence-corrected chi connectivity index (χ4v) is 5.77. The van der Waals surface area contributed by atoms with Gasteiger partial charge in [0.15, 0.2) is 5.84 Å². The molecule has 7 rings (SSSR count). The molecule has 0 saturated heterocycles. The van der Waals surface area contributed by atoms with E-state index in [1.165, 1.54) is 33.1 Å². The summed E-state index contributed by atoms with van der Waals surface area (Å²) in [5.74, 6) is -0.431. The first kappa shape index (κ1) is 22.4. The summed E-state index contributed by atoms with van der Waals surface area (Å²) in [6.45, 7) is 0.681. The maximum atomic E-state index is 13.1. The summed E-state index contributed by atoms with van der Waals surface area (Å²) in [4.78, 5) is 21.5. The van der Waals surface area contributed by atoms with Gasteiger partial charge in [0.05, 0.1) is 5.57 Å². The molecule has 1 amide bonds. The Bertz CT molecular complexity index is 1860. The third-order valence-corrected chi connectivity index (χ3v) is 7.66.